The number of carbonyl (C=O) groups excluding carboxylic acids is 1. The number of amides is 2. The highest BCUT2D eigenvalue weighted by molar-refractivity contribution is 7.88. The van der Waals surface area contributed by atoms with Crippen LogP contribution in [0.1, 0.15) is 32.1 Å². The second-order valence-corrected chi connectivity index (χ2v) is 8.07. The maximum absolute atomic E-state index is 12.2. The van der Waals surface area contributed by atoms with Crippen molar-refractivity contribution in [2.75, 3.05) is 45.5 Å². The average molecular weight is 332 g/mol. The number of hydrogen-bond acceptors (Lipinski definition) is 4. The average Bonchev–Trinajstić information content (AvgIpc) is 3.00. The van der Waals surface area contributed by atoms with E-state index in [9.17, 15) is 13.2 Å². The lowest BCUT2D eigenvalue weighted by atomic mass is 10.0. The Labute approximate surface area is 133 Å². The van der Waals surface area contributed by atoms with Gasteiger partial charge in [-0.05, 0) is 45.2 Å². The summed E-state index contributed by atoms with van der Waals surface area (Å²) in [6, 6.07) is 0.483. The predicted octanol–water partition coefficient (Wildman–Crippen LogP) is 0.196. The Bertz CT molecular complexity index is 463. The van der Waals surface area contributed by atoms with Gasteiger partial charge in [-0.25, -0.2) is 17.9 Å². The molecular weight excluding hydrogens is 304 g/mol. The van der Waals surface area contributed by atoms with Crippen molar-refractivity contribution < 1.29 is 13.2 Å². The number of urea groups is 1. The van der Waals surface area contributed by atoms with E-state index < -0.39 is 10.0 Å². The minimum absolute atomic E-state index is 0.0248. The van der Waals surface area contributed by atoms with Crippen LogP contribution in [0.3, 0.4) is 0 Å². The minimum Gasteiger partial charge on any atom is -0.338 e. The Balaban J connectivity index is 1.66. The zero-order valence-corrected chi connectivity index (χ0v) is 14.2. The largest absolute Gasteiger partial charge is 0.338 e. The van der Waals surface area contributed by atoms with E-state index in [2.05, 4.69) is 14.9 Å². The fourth-order valence-electron chi connectivity index (χ4n) is 3.20. The standard InChI is InChI=1S/C14H28N4O3S/c1-22(20,21)16-8-5-7-15-14(19)18-11-4-6-13(12-18)17-9-2-3-10-17/h13,16H,2-12H2,1H3,(H,15,19)/t13-/m1/s1. The molecule has 0 aromatic heterocycles. The van der Waals surface area contributed by atoms with Crippen LogP contribution in [-0.4, -0.2) is 75.8 Å². The summed E-state index contributed by atoms with van der Waals surface area (Å²) in [5.74, 6) is 0. The molecule has 2 rings (SSSR count). The number of nitrogens with zero attached hydrogens (tertiary/aromatic N) is 2. The third kappa shape index (κ3) is 5.73. The van der Waals surface area contributed by atoms with Crippen molar-refractivity contribution in [1.29, 1.82) is 0 Å². The summed E-state index contributed by atoms with van der Waals surface area (Å²) in [4.78, 5) is 16.6. The first-order valence-electron chi connectivity index (χ1n) is 8.17. The highest BCUT2D eigenvalue weighted by atomic mass is 32.2. The molecule has 0 spiro atoms. The molecule has 0 aliphatic carbocycles. The first-order chi connectivity index (χ1) is 10.5. The molecule has 0 bridgehead atoms. The van der Waals surface area contributed by atoms with Crippen LogP contribution < -0.4 is 10.0 Å². The monoisotopic (exact) mass is 332 g/mol. The van der Waals surface area contributed by atoms with Gasteiger partial charge in [0.05, 0.1) is 6.26 Å². The van der Waals surface area contributed by atoms with Crippen LogP contribution >= 0.6 is 0 Å². The SMILES string of the molecule is CS(=O)(=O)NCCCNC(=O)N1CCC[C@@H](N2CCCC2)C1. The molecule has 2 heterocycles. The predicted molar refractivity (Wildman–Crippen MR) is 86.3 cm³/mol. The van der Waals surface area contributed by atoms with Gasteiger partial charge >= 0.3 is 6.03 Å². The van der Waals surface area contributed by atoms with Crippen LogP contribution in [0.25, 0.3) is 0 Å². The first-order valence-corrected chi connectivity index (χ1v) is 10.1. The van der Waals surface area contributed by atoms with Crippen LogP contribution in [0.15, 0.2) is 0 Å². The summed E-state index contributed by atoms with van der Waals surface area (Å²) in [5, 5.41) is 2.88. The molecule has 2 amide bonds. The van der Waals surface area contributed by atoms with E-state index in [0.717, 1.165) is 38.9 Å². The minimum atomic E-state index is -3.14. The van der Waals surface area contributed by atoms with Crippen molar-refractivity contribution in [2.24, 2.45) is 0 Å². The van der Waals surface area contributed by atoms with Crippen molar-refractivity contribution in [1.82, 2.24) is 19.8 Å². The summed E-state index contributed by atoms with van der Waals surface area (Å²) in [6.07, 6.45) is 6.53. The highest BCUT2D eigenvalue weighted by Gasteiger charge is 2.28. The number of hydrogen-bond donors (Lipinski definition) is 2. The number of carbonyl (C=O) groups is 1. The Morgan fingerprint density at radius 2 is 1.86 bits per heavy atom. The molecule has 7 nitrogen and oxygen atoms in total. The summed E-state index contributed by atoms with van der Waals surface area (Å²) < 4.78 is 24.3. The molecular formula is C14H28N4O3S. The van der Waals surface area contributed by atoms with Crippen molar-refractivity contribution in [3.8, 4) is 0 Å². The molecule has 2 aliphatic heterocycles. The van der Waals surface area contributed by atoms with Gasteiger partial charge in [-0.15, -0.1) is 0 Å². The molecule has 2 saturated heterocycles. The van der Waals surface area contributed by atoms with Gasteiger partial charge in [-0.2, -0.15) is 0 Å². The van der Waals surface area contributed by atoms with Crippen LogP contribution in [0.5, 0.6) is 0 Å². The van der Waals surface area contributed by atoms with Gasteiger partial charge < -0.3 is 10.2 Å². The molecule has 0 saturated carbocycles. The van der Waals surface area contributed by atoms with Gasteiger partial charge in [-0.3, -0.25) is 4.90 Å². The Kier molecular flexibility index (Phi) is 6.46. The third-order valence-corrected chi connectivity index (χ3v) is 5.06. The van der Waals surface area contributed by atoms with Gasteiger partial charge in [-0.1, -0.05) is 0 Å². The van der Waals surface area contributed by atoms with E-state index in [1.807, 2.05) is 4.90 Å². The molecule has 2 aliphatic rings. The van der Waals surface area contributed by atoms with Crippen LogP contribution in [-0.2, 0) is 10.0 Å². The van der Waals surface area contributed by atoms with E-state index >= 15 is 0 Å². The summed E-state index contributed by atoms with van der Waals surface area (Å²) in [6.45, 7) is 4.81. The van der Waals surface area contributed by atoms with Gasteiger partial charge in [0.25, 0.3) is 0 Å². The second-order valence-electron chi connectivity index (χ2n) is 6.24. The van der Waals surface area contributed by atoms with E-state index in [0.29, 0.717) is 25.6 Å². The number of piperidine rings is 1. The summed E-state index contributed by atoms with van der Waals surface area (Å²) >= 11 is 0. The Morgan fingerprint density at radius 3 is 2.55 bits per heavy atom. The fraction of sp³-hybridized carbons (Fsp3) is 0.929. The number of sulfonamides is 1. The highest BCUT2D eigenvalue weighted by Crippen LogP contribution is 2.20. The zero-order valence-electron chi connectivity index (χ0n) is 13.4. The Hall–Kier alpha value is -0.860. The number of nitrogens with one attached hydrogen (secondary N) is 2. The molecule has 8 heteroatoms. The molecule has 128 valence electrons. The lowest BCUT2D eigenvalue weighted by Gasteiger charge is -2.37. The molecule has 22 heavy (non-hydrogen) atoms. The van der Waals surface area contributed by atoms with Gasteiger partial charge in [0.1, 0.15) is 0 Å². The maximum atomic E-state index is 12.2. The maximum Gasteiger partial charge on any atom is 0.317 e. The molecule has 0 aromatic rings. The molecule has 1 atom stereocenters. The van der Waals surface area contributed by atoms with E-state index in [4.69, 9.17) is 0 Å². The normalized spacial score (nSPS) is 23.7. The van der Waals surface area contributed by atoms with Crippen LogP contribution in [0.4, 0.5) is 4.79 Å². The fourth-order valence-corrected chi connectivity index (χ4v) is 3.71. The number of likely N-dealkylation sites (tertiary alicyclic amines) is 2. The summed E-state index contributed by atoms with van der Waals surface area (Å²) in [7, 11) is -3.14. The second kappa shape index (κ2) is 8.12. The molecule has 0 unspecified atom stereocenters. The smallest absolute Gasteiger partial charge is 0.317 e. The van der Waals surface area contributed by atoms with Crippen molar-refractivity contribution in [3.05, 3.63) is 0 Å². The molecule has 2 N–H and O–H groups in total. The third-order valence-electron chi connectivity index (χ3n) is 4.33. The lowest BCUT2D eigenvalue weighted by Crippen LogP contribution is -2.52. The number of rotatable bonds is 6. The summed E-state index contributed by atoms with van der Waals surface area (Å²) in [5.41, 5.74) is 0. The Morgan fingerprint density at radius 1 is 1.14 bits per heavy atom. The zero-order chi connectivity index (χ0) is 16.0. The van der Waals surface area contributed by atoms with Gasteiger partial charge in [0, 0.05) is 32.2 Å². The molecule has 0 radical (unpaired) electrons. The van der Waals surface area contributed by atoms with Gasteiger partial charge in [0.2, 0.25) is 10.0 Å². The van der Waals surface area contributed by atoms with E-state index in [-0.39, 0.29) is 6.03 Å². The van der Waals surface area contributed by atoms with Gasteiger partial charge in [0.15, 0.2) is 0 Å². The molecule has 0 aromatic carbocycles. The molecule has 2 fully saturated rings. The van der Waals surface area contributed by atoms with Crippen molar-refractivity contribution in [3.63, 3.8) is 0 Å². The van der Waals surface area contributed by atoms with Crippen molar-refractivity contribution >= 4 is 16.1 Å². The van der Waals surface area contributed by atoms with Crippen molar-refractivity contribution in [2.45, 2.75) is 38.1 Å². The van der Waals surface area contributed by atoms with E-state index in [1.165, 1.54) is 19.3 Å². The lowest BCUT2D eigenvalue weighted by molar-refractivity contribution is 0.125. The van der Waals surface area contributed by atoms with E-state index in [1.54, 1.807) is 0 Å². The topological polar surface area (TPSA) is 81.8 Å². The van der Waals surface area contributed by atoms with Crippen LogP contribution in [0.2, 0.25) is 0 Å². The van der Waals surface area contributed by atoms with Crippen LogP contribution in [0, 0.1) is 0 Å². The quantitative estimate of drug-likeness (QED) is 0.681. The first kappa shape index (κ1) is 17.5.